The Bertz CT molecular complexity index is 572. The second-order valence-electron chi connectivity index (χ2n) is 4.41. The lowest BCUT2D eigenvalue weighted by molar-refractivity contribution is 0.0880. The fourth-order valence-corrected chi connectivity index (χ4v) is 3.51. The first kappa shape index (κ1) is 12.1. The molecule has 1 unspecified atom stereocenters. The number of aromatic nitrogens is 1. The molecule has 2 nitrogen and oxygen atoms in total. The van der Waals surface area contributed by atoms with Crippen LogP contribution in [0.15, 0.2) is 18.2 Å². The van der Waals surface area contributed by atoms with Crippen LogP contribution in [-0.2, 0) is 0 Å². The third-order valence-electron chi connectivity index (χ3n) is 3.21. The molecule has 2 heterocycles. The van der Waals surface area contributed by atoms with Gasteiger partial charge in [0.1, 0.15) is 5.52 Å². The van der Waals surface area contributed by atoms with Crippen molar-refractivity contribution in [2.45, 2.75) is 12.8 Å². The van der Waals surface area contributed by atoms with E-state index in [0.717, 1.165) is 15.3 Å². The molecule has 0 spiro atoms. The Morgan fingerprint density at radius 1 is 1.44 bits per heavy atom. The summed E-state index contributed by atoms with van der Waals surface area (Å²) in [5.41, 5.74) is 0.764. The van der Waals surface area contributed by atoms with Gasteiger partial charge in [-0.05, 0) is 18.6 Å². The highest BCUT2D eigenvalue weighted by Gasteiger charge is 2.31. The molecule has 0 bridgehead atoms. The van der Waals surface area contributed by atoms with Gasteiger partial charge in [-0.2, -0.15) is 0 Å². The fourth-order valence-electron chi connectivity index (χ4n) is 2.21. The van der Waals surface area contributed by atoms with Crippen LogP contribution in [0.5, 0.6) is 0 Å². The van der Waals surface area contributed by atoms with E-state index in [2.05, 4.69) is 4.98 Å². The zero-order valence-corrected chi connectivity index (χ0v) is 11.0. The molecule has 1 aliphatic heterocycles. The standard InChI is InChI=1S/C12H11ClF2N2S/c13-8-2-1-3-9-10(8)16-12(18-9)17-5-4-7(6-17)11(14)15/h1-3,7,11H,4-6H2. The molecule has 6 heteroatoms. The van der Waals surface area contributed by atoms with Crippen molar-refractivity contribution in [2.24, 2.45) is 5.92 Å². The molecule has 1 saturated heterocycles. The summed E-state index contributed by atoms with van der Waals surface area (Å²) in [6, 6.07) is 5.61. The molecule has 1 aromatic heterocycles. The number of anilines is 1. The van der Waals surface area contributed by atoms with Crippen molar-refractivity contribution in [3.05, 3.63) is 23.2 Å². The van der Waals surface area contributed by atoms with Gasteiger partial charge in [0.05, 0.1) is 9.72 Å². The van der Waals surface area contributed by atoms with Gasteiger partial charge in [-0.1, -0.05) is 29.0 Å². The molecular weight excluding hydrogens is 278 g/mol. The van der Waals surface area contributed by atoms with Crippen molar-refractivity contribution in [3.8, 4) is 0 Å². The molecule has 96 valence electrons. The van der Waals surface area contributed by atoms with E-state index < -0.39 is 12.3 Å². The predicted octanol–water partition coefficient (Wildman–Crippen LogP) is 4.04. The van der Waals surface area contributed by atoms with Crippen LogP contribution in [0, 0.1) is 5.92 Å². The van der Waals surface area contributed by atoms with Gasteiger partial charge in [0.2, 0.25) is 6.43 Å². The summed E-state index contributed by atoms with van der Waals surface area (Å²) in [6.07, 6.45) is -1.71. The van der Waals surface area contributed by atoms with Crippen LogP contribution in [-0.4, -0.2) is 24.5 Å². The number of rotatable bonds is 2. The van der Waals surface area contributed by atoms with Gasteiger partial charge in [0.25, 0.3) is 0 Å². The van der Waals surface area contributed by atoms with Crippen LogP contribution in [0.3, 0.4) is 0 Å². The molecule has 0 amide bonds. The highest BCUT2D eigenvalue weighted by atomic mass is 35.5. The van der Waals surface area contributed by atoms with E-state index in [1.165, 1.54) is 11.3 Å². The number of alkyl halides is 2. The number of fused-ring (bicyclic) bond motifs is 1. The Kier molecular flexibility index (Phi) is 3.11. The lowest BCUT2D eigenvalue weighted by atomic mass is 10.1. The van der Waals surface area contributed by atoms with E-state index in [0.29, 0.717) is 24.5 Å². The van der Waals surface area contributed by atoms with E-state index in [1.54, 1.807) is 6.07 Å². The van der Waals surface area contributed by atoms with Gasteiger partial charge in [-0.3, -0.25) is 0 Å². The number of para-hydroxylation sites is 1. The van der Waals surface area contributed by atoms with Gasteiger partial charge in [0.15, 0.2) is 5.13 Å². The number of thiazole rings is 1. The van der Waals surface area contributed by atoms with E-state index >= 15 is 0 Å². The average Bonchev–Trinajstić information content (AvgIpc) is 2.95. The number of benzene rings is 1. The molecule has 1 fully saturated rings. The Morgan fingerprint density at radius 3 is 2.94 bits per heavy atom. The van der Waals surface area contributed by atoms with Crippen LogP contribution in [0.2, 0.25) is 5.02 Å². The zero-order chi connectivity index (χ0) is 12.7. The van der Waals surface area contributed by atoms with Crippen LogP contribution >= 0.6 is 22.9 Å². The van der Waals surface area contributed by atoms with Crippen LogP contribution in [0.4, 0.5) is 13.9 Å². The number of halogens is 3. The third kappa shape index (κ3) is 2.06. The molecular formula is C12H11ClF2N2S. The largest absolute Gasteiger partial charge is 0.348 e. The first-order valence-electron chi connectivity index (χ1n) is 5.73. The lowest BCUT2D eigenvalue weighted by Gasteiger charge is -2.14. The summed E-state index contributed by atoms with van der Waals surface area (Å²) >= 11 is 7.57. The van der Waals surface area contributed by atoms with E-state index in [1.807, 2.05) is 17.0 Å². The SMILES string of the molecule is FC(F)C1CCN(c2nc3c(Cl)cccc3s2)C1. The van der Waals surface area contributed by atoms with E-state index in [9.17, 15) is 8.78 Å². The highest BCUT2D eigenvalue weighted by molar-refractivity contribution is 7.22. The van der Waals surface area contributed by atoms with Gasteiger partial charge in [-0.15, -0.1) is 0 Å². The molecule has 18 heavy (non-hydrogen) atoms. The number of hydrogen-bond donors (Lipinski definition) is 0. The summed E-state index contributed by atoms with van der Waals surface area (Å²) in [7, 11) is 0. The lowest BCUT2D eigenvalue weighted by Crippen LogP contribution is -2.21. The zero-order valence-electron chi connectivity index (χ0n) is 9.44. The van der Waals surface area contributed by atoms with Crippen molar-refractivity contribution in [3.63, 3.8) is 0 Å². The Labute approximate surface area is 112 Å². The molecule has 3 rings (SSSR count). The van der Waals surface area contributed by atoms with Crippen molar-refractivity contribution < 1.29 is 8.78 Å². The van der Waals surface area contributed by atoms with Gasteiger partial charge < -0.3 is 4.90 Å². The average molecular weight is 289 g/mol. The smallest absolute Gasteiger partial charge is 0.243 e. The van der Waals surface area contributed by atoms with Crippen molar-refractivity contribution in [1.29, 1.82) is 0 Å². The second-order valence-corrected chi connectivity index (χ2v) is 5.83. The minimum Gasteiger partial charge on any atom is -0.348 e. The predicted molar refractivity (Wildman–Crippen MR) is 71.0 cm³/mol. The van der Waals surface area contributed by atoms with Crippen LogP contribution < -0.4 is 4.90 Å². The molecule has 1 aliphatic rings. The molecule has 2 aromatic rings. The topological polar surface area (TPSA) is 16.1 Å². The van der Waals surface area contributed by atoms with Gasteiger partial charge in [0, 0.05) is 19.0 Å². The van der Waals surface area contributed by atoms with Crippen molar-refractivity contribution >= 4 is 38.3 Å². The first-order chi connectivity index (χ1) is 8.65. The van der Waals surface area contributed by atoms with Crippen molar-refractivity contribution in [1.82, 2.24) is 4.98 Å². The Morgan fingerprint density at radius 2 is 2.28 bits per heavy atom. The summed E-state index contributed by atoms with van der Waals surface area (Å²) in [4.78, 5) is 6.38. The molecule has 0 aliphatic carbocycles. The van der Waals surface area contributed by atoms with E-state index in [4.69, 9.17) is 11.6 Å². The fraction of sp³-hybridized carbons (Fsp3) is 0.417. The first-order valence-corrected chi connectivity index (χ1v) is 6.93. The third-order valence-corrected chi connectivity index (χ3v) is 4.60. The maximum Gasteiger partial charge on any atom is 0.243 e. The Balaban J connectivity index is 1.89. The molecule has 0 radical (unpaired) electrons. The summed E-state index contributed by atoms with van der Waals surface area (Å²) in [5, 5.41) is 1.40. The maximum atomic E-state index is 12.6. The molecule has 1 atom stereocenters. The summed E-state index contributed by atoms with van der Waals surface area (Å²) in [5.74, 6) is -0.535. The van der Waals surface area contributed by atoms with Gasteiger partial charge in [-0.25, -0.2) is 13.8 Å². The molecule has 1 aromatic carbocycles. The maximum absolute atomic E-state index is 12.6. The molecule has 0 N–H and O–H groups in total. The van der Waals surface area contributed by atoms with Crippen LogP contribution in [0.25, 0.3) is 10.2 Å². The Hall–Kier alpha value is -0.940. The monoisotopic (exact) mass is 288 g/mol. The number of nitrogens with zero attached hydrogens (tertiary/aromatic N) is 2. The second kappa shape index (κ2) is 4.63. The normalized spacial score (nSPS) is 20.2. The van der Waals surface area contributed by atoms with E-state index in [-0.39, 0.29) is 0 Å². The minimum atomic E-state index is -2.24. The highest BCUT2D eigenvalue weighted by Crippen LogP contribution is 2.35. The number of hydrogen-bond acceptors (Lipinski definition) is 3. The molecule has 0 saturated carbocycles. The summed E-state index contributed by atoms with van der Waals surface area (Å²) < 4.78 is 26.3. The minimum absolute atomic E-state index is 0.384. The van der Waals surface area contributed by atoms with Crippen molar-refractivity contribution in [2.75, 3.05) is 18.0 Å². The summed E-state index contributed by atoms with van der Waals surface area (Å²) in [6.45, 7) is 1.03. The van der Waals surface area contributed by atoms with Gasteiger partial charge >= 0.3 is 0 Å². The van der Waals surface area contributed by atoms with Crippen LogP contribution in [0.1, 0.15) is 6.42 Å². The quantitative estimate of drug-likeness (QED) is 0.829.